The molecule has 0 unspecified atom stereocenters. The van der Waals surface area contributed by atoms with Crippen LogP contribution in [0.3, 0.4) is 0 Å². The fourth-order valence-electron chi connectivity index (χ4n) is 4.82. The second-order valence-electron chi connectivity index (χ2n) is 9.64. The molecule has 0 bridgehead atoms. The van der Waals surface area contributed by atoms with Crippen molar-refractivity contribution in [3.8, 4) is 12.0 Å². The maximum Gasteiger partial charge on any atom is 0.375 e. The second-order valence-corrected chi connectivity index (χ2v) is 9.64. The monoisotopic (exact) mass is 503 g/mol. The second kappa shape index (κ2) is 9.57. The molecule has 1 fully saturated rings. The van der Waals surface area contributed by atoms with Crippen LogP contribution in [0.25, 0.3) is 17.0 Å². The fraction of sp³-hybridized carbons (Fsp3) is 0.400. The number of carbonyl (C=O) groups is 1. The van der Waals surface area contributed by atoms with E-state index in [1.165, 1.54) is 17.1 Å². The lowest BCUT2D eigenvalue weighted by Crippen LogP contribution is -2.41. The first-order valence-corrected chi connectivity index (χ1v) is 12.2. The number of amides is 1. The third-order valence-electron chi connectivity index (χ3n) is 6.67. The molecular formula is C25H28FN10O+. The first-order chi connectivity index (χ1) is 17.8. The number of alkyl halides is 1. The van der Waals surface area contributed by atoms with Crippen LogP contribution in [0.1, 0.15) is 55.6 Å². The van der Waals surface area contributed by atoms with Crippen molar-refractivity contribution in [2.24, 2.45) is 7.05 Å². The van der Waals surface area contributed by atoms with Crippen molar-refractivity contribution in [2.75, 3.05) is 5.32 Å². The van der Waals surface area contributed by atoms with E-state index in [1.807, 2.05) is 20.0 Å². The number of nitrogens with one attached hydrogen (secondary N) is 2. The predicted molar refractivity (Wildman–Crippen MR) is 132 cm³/mol. The highest BCUT2D eigenvalue weighted by Crippen LogP contribution is 2.40. The van der Waals surface area contributed by atoms with Crippen molar-refractivity contribution in [2.45, 2.75) is 57.3 Å². The van der Waals surface area contributed by atoms with Gasteiger partial charge in [-0.25, -0.2) is 14.4 Å². The number of aryl methyl sites for hydroxylation is 1. The van der Waals surface area contributed by atoms with Crippen LogP contribution in [0, 0.1) is 11.5 Å². The Kier molecular flexibility index (Phi) is 6.29. The molecule has 0 atom stereocenters. The van der Waals surface area contributed by atoms with Crippen molar-refractivity contribution in [1.82, 2.24) is 34.6 Å². The van der Waals surface area contributed by atoms with Gasteiger partial charge in [0.2, 0.25) is 12.0 Å². The molecule has 11 nitrogen and oxygen atoms in total. The molecule has 0 aromatic carbocycles. The summed E-state index contributed by atoms with van der Waals surface area (Å²) < 4.78 is 20.1. The largest absolute Gasteiger partial charge is 0.382 e. The number of imidazole rings is 1. The van der Waals surface area contributed by atoms with E-state index in [1.54, 1.807) is 47.2 Å². The molecule has 0 radical (unpaired) electrons. The van der Waals surface area contributed by atoms with Crippen LogP contribution >= 0.6 is 0 Å². The van der Waals surface area contributed by atoms with Crippen molar-refractivity contribution in [3.05, 3.63) is 54.6 Å². The van der Waals surface area contributed by atoms with Crippen molar-refractivity contribution in [1.29, 1.82) is 5.26 Å². The lowest BCUT2D eigenvalue weighted by atomic mass is 9.81. The summed E-state index contributed by atoms with van der Waals surface area (Å²) in [7, 11) is 1.75. The zero-order valence-electron chi connectivity index (χ0n) is 20.9. The minimum Gasteiger partial charge on any atom is -0.382 e. The van der Waals surface area contributed by atoms with Crippen molar-refractivity contribution >= 4 is 22.8 Å². The number of anilines is 1. The number of fused-ring (bicyclic) bond motifs is 1. The number of hydrogen-bond acceptors (Lipinski definition) is 7. The number of halogens is 1. The molecule has 1 aliphatic carbocycles. The van der Waals surface area contributed by atoms with Gasteiger partial charge in [0.05, 0.1) is 16.9 Å². The average molecular weight is 504 g/mol. The zero-order valence-corrected chi connectivity index (χ0v) is 20.9. The summed E-state index contributed by atoms with van der Waals surface area (Å²) in [4.78, 5) is 26.4. The van der Waals surface area contributed by atoms with Crippen LogP contribution < -0.4 is 15.2 Å². The van der Waals surface area contributed by atoms with Gasteiger partial charge >= 0.3 is 6.19 Å². The van der Waals surface area contributed by atoms with E-state index in [2.05, 4.69) is 30.7 Å². The fourth-order valence-corrected chi connectivity index (χ4v) is 4.82. The summed E-state index contributed by atoms with van der Waals surface area (Å²) in [5.41, 5.74) is 1.24. The van der Waals surface area contributed by atoms with Gasteiger partial charge in [0.1, 0.15) is 18.3 Å². The van der Waals surface area contributed by atoms with Crippen LogP contribution in [0.2, 0.25) is 0 Å². The Morgan fingerprint density at radius 3 is 2.76 bits per heavy atom. The van der Waals surface area contributed by atoms with E-state index in [0.717, 1.165) is 0 Å². The number of hydrogen-bond donors (Lipinski definition) is 2. The summed E-state index contributed by atoms with van der Waals surface area (Å²) in [6, 6.07) is 3.43. The molecule has 1 amide bonds. The van der Waals surface area contributed by atoms with Crippen LogP contribution in [0.15, 0.2) is 43.4 Å². The summed E-state index contributed by atoms with van der Waals surface area (Å²) in [5.74, 6) is 0.267. The van der Waals surface area contributed by atoms with Gasteiger partial charge in [-0.1, -0.05) is 4.98 Å². The third kappa shape index (κ3) is 4.72. The average Bonchev–Trinajstić information content (AvgIpc) is 3.51. The van der Waals surface area contributed by atoms with Gasteiger partial charge in [-0.2, -0.15) is 9.67 Å². The van der Waals surface area contributed by atoms with Gasteiger partial charge in [-0.05, 0) is 45.6 Å². The topological polar surface area (TPSA) is 130 Å². The zero-order chi connectivity index (χ0) is 26.2. The smallest absolute Gasteiger partial charge is 0.375 e. The molecule has 0 aliphatic heterocycles. The number of nitrogens with zero attached hydrogens (tertiary/aromatic N) is 8. The van der Waals surface area contributed by atoms with Gasteiger partial charge in [-0.15, -0.1) is 0 Å². The van der Waals surface area contributed by atoms with Crippen LogP contribution in [-0.2, 0) is 12.7 Å². The maximum atomic E-state index is 15.5. The Bertz CT molecular complexity index is 1490. The molecular weight excluding hydrogens is 475 g/mol. The number of aromatic nitrogens is 7. The highest BCUT2D eigenvalue weighted by Gasteiger charge is 2.39. The lowest BCUT2D eigenvalue weighted by molar-refractivity contribution is -0.588. The van der Waals surface area contributed by atoms with Gasteiger partial charge in [-0.3, -0.25) is 14.0 Å². The SMILES string of the molecule is CC(C)Nc1cc(-n2cnc3c[n+](C#N)cnc32)ncc1C(=O)NC1CCC(F)(c2ccnn2C)CC1. The van der Waals surface area contributed by atoms with E-state index in [4.69, 9.17) is 5.26 Å². The number of pyridine rings is 1. The Morgan fingerprint density at radius 1 is 1.30 bits per heavy atom. The van der Waals surface area contributed by atoms with Crippen molar-refractivity contribution < 1.29 is 13.8 Å². The normalized spacial score (nSPS) is 19.6. The standard InChI is InChI=1S/C25H27FN10O/c1-16(2)32-19-10-22(36-15-29-20-12-35(13-27)14-30-23(20)36)28-11-18(19)24(37)33-17-4-7-25(26,8-5-17)21-6-9-31-34(21)3/h6,9-12,14-17H,4-5,7-8H2,1-3H3,(H-,28,32,33,37)/p+1. The Balaban J connectivity index is 1.35. The summed E-state index contributed by atoms with van der Waals surface area (Å²) >= 11 is 0. The van der Waals surface area contributed by atoms with Gasteiger partial charge in [0.25, 0.3) is 5.91 Å². The quantitative estimate of drug-likeness (QED) is 0.387. The number of nitriles is 1. The van der Waals surface area contributed by atoms with Crippen LogP contribution in [0.4, 0.5) is 10.1 Å². The van der Waals surface area contributed by atoms with E-state index in [9.17, 15) is 4.79 Å². The Labute approximate surface area is 213 Å². The lowest BCUT2D eigenvalue weighted by Gasteiger charge is -2.34. The van der Waals surface area contributed by atoms with Crippen LogP contribution in [0.5, 0.6) is 0 Å². The molecule has 0 saturated heterocycles. The van der Waals surface area contributed by atoms with E-state index in [-0.39, 0.29) is 18.0 Å². The minimum absolute atomic E-state index is 0.0646. The van der Waals surface area contributed by atoms with Gasteiger partial charge in [0, 0.05) is 42.9 Å². The minimum atomic E-state index is -1.44. The summed E-state index contributed by atoms with van der Waals surface area (Å²) in [6.07, 6.45) is 11.4. The maximum absolute atomic E-state index is 15.5. The predicted octanol–water partition coefficient (Wildman–Crippen LogP) is 2.52. The molecule has 37 heavy (non-hydrogen) atoms. The molecule has 1 aliphatic rings. The molecule has 1 saturated carbocycles. The number of carbonyl (C=O) groups excluding carboxylic acids is 1. The Morgan fingerprint density at radius 2 is 2.08 bits per heavy atom. The third-order valence-corrected chi connectivity index (χ3v) is 6.67. The van der Waals surface area contributed by atoms with Crippen molar-refractivity contribution in [3.63, 3.8) is 0 Å². The first kappa shape index (κ1) is 24.3. The van der Waals surface area contributed by atoms with E-state index in [0.29, 0.717) is 59.6 Å². The van der Waals surface area contributed by atoms with E-state index < -0.39 is 5.67 Å². The van der Waals surface area contributed by atoms with Crippen LogP contribution in [-0.4, -0.2) is 47.3 Å². The molecule has 0 spiro atoms. The van der Waals surface area contributed by atoms with Gasteiger partial charge in [0.15, 0.2) is 11.2 Å². The Hall–Kier alpha value is -4.40. The highest BCUT2D eigenvalue weighted by atomic mass is 19.1. The molecule has 4 aromatic heterocycles. The number of rotatable bonds is 6. The summed E-state index contributed by atoms with van der Waals surface area (Å²) in [6.45, 7) is 3.97. The molecule has 12 heteroatoms. The van der Waals surface area contributed by atoms with Gasteiger partial charge < -0.3 is 10.6 Å². The molecule has 190 valence electrons. The summed E-state index contributed by atoms with van der Waals surface area (Å²) in [5, 5.41) is 19.6. The van der Waals surface area contributed by atoms with E-state index >= 15 is 4.39 Å². The molecule has 4 heterocycles. The first-order valence-electron chi connectivity index (χ1n) is 12.2. The molecule has 2 N–H and O–H groups in total. The molecule has 4 aromatic rings. The highest BCUT2D eigenvalue weighted by molar-refractivity contribution is 5.99. The molecule has 5 rings (SSSR count).